The van der Waals surface area contributed by atoms with E-state index >= 15 is 0 Å². The largest absolute Gasteiger partial charge is 0.334 e. The highest BCUT2D eigenvalue weighted by Gasteiger charge is 2.31. The first-order valence-electron chi connectivity index (χ1n) is 7.78. The van der Waals surface area contributed by atoms with Crippen molar-refractivity contribution in [3.63, 3.8) is 0 Å². The molecule has 0 aromatic carbocycles. The Balaban J connectivity index is 1.95. The number of aromatic nitrogens is 1. The van der Waals surface area contributed by atoms with Gasteiger partial charge in [-0.1, -0.05) is 20.3 Å². The number of rotatable bonds is 6. The predicted octanol–water partition coefficient (Wildman–Crippen LogP) is 0.983. The van der Waals surface area contributed by atoms with E-state index in [0.717, 1.165) is 0 Å². The third-order valence-corrected chi connectivity index (χ3v) is 6.47. The van der Waals surface area contributed by atoms with Gasteiger partial charge in [0, 0.05) is 17.6 Å². The fraction of sp³-hybridized carbons (Fsp3) is 0.643. The van der Waals surface area contributed by atoms with E-state index in [-0.39, 0.29) is 23.3 Å². The maximum absolute atomic E-state index is 12.4. The molecule has 1 aromatic rings. The Kier molecular flexibility index (Phi) is 6.16. The van der Waals surface area contributed by atoms with Crippen molar-refractivity contribution < 1.29 is 18.0 Å². The van der Waals surface area contributed by atoms with Gasteiger partial charge < -0.3 is 16.0 Å². The van der Waals surface area contributed by atoms with Crippen LogP contribution in [-0.4, -0.2) is 48.9 Å². The van der Waals surface area contributed by atoms with Crippen LogP contribution in [0.15, 0.2) is 11.6 Å². The topological polar surface area (TPSA) is 117 Å². The lowest BCUT2D eigenvalue weighted by Crippen LogP contribution is -2.53. The molecule has 0 saturated carbocycles. The second-order valence-electron chi connectivity index (χ2n) is 5.91. The Labute approximate surface area is 145 Å². The lowest BCUT2D eigenvalue weighted by molar-refractivity contribution is -0.119. The van der Waals surface area contributed by atoms with Crippen molar-refractivity contribution in [3.8, 4) is 0 Å². The quantitative estimate of drug-likeness (QED) is 0.686. The number of nitrogens with zero attached hydrogens (tertiary/aromatic N) is 1. The van der Waals surface area contributed by atoms with E-state index in [0.29, 0.717) is 18.0 Å². The maximum Gasteiger partial charge on any atom is 0.315 e. The van der Waals surface area contributed by atoms with Crippen molar-refractivity contribution >= 4 is 38.2 Å². The number of amides is 3. The first kappa shape index (κ1) is 18.7. The Bertz CT molecular complexity index is 675. The molecule has 10 heteroatoms. The molecule has 1 fully saturated rings. The molecule has 3 amide bonds. The molecule has 0 spiro atoms. The van der Waals surface area contributed by atoms with Crippen molar-refractivity contribution in [1.29, 1.82) is 0 Å². The second kappa shape index (κ2) is 7.93. The number of hydrogen-bond acceptors (Lipinski definition) is 6. The molecule has 0 aliphatic carbocycles. The Morgan fingerprint density at radius 2 is 2.21 bits per heavy atom. The van der Waals surface area contributed by atoms with Crippen LogP contribution in [0.1, 0.15) is 26.7 Å². The molecule has 0 unspecified atom stereocenters. The van der Waals surface area contributed by atoms with Gasteiger partial charge in [0.15, 0.2) is 15.0 Å². The highest BCUT2D eigenvalue weighted by molar-refractivity contribution is 7.91. The van der Waals surface area contributed by atoms with Crippen LogP contribution in [0.2, 0.25) is 0 Å². The molecule has 2 heterocycles. The number of thiazole rings is 1. The average molecular weight is 374 g/mol. The zero-order chi connectivity index (χ0) is 17.7. The van der Waals surface area contributed by atoms with Gasteiger partial charge in [0.05, 0.1) is 11.5 Å². The smallest absolute Gasteiger partial charge is 0.315 e. The third-order valence-electron chi connectivity index (χ3n) is 4.01. The first-order valence-corrected chi connectivity index (χ1v) is 10.5. The third kappa shape index (κ3) is 5.17. The lowest BCUT2D eigenvalue weighted by Gasteiger charge is -2.24. The lowest BCUT2D eigenvalue weighted by atomic mass is 9.98. The van der Waals surface area contributed by atoms with E-state index in [1.54, 1.807) is 11.6 Å². The van der Waals surface area contributed by atoms with Gasteiger partial charge in [-0.15, -0.1) is 11.3 Å². The summed E-state index contributed by atoms with van der Waals surface area (Å²) >= 11 is 1.29. The minimum Gasteiger partial charge on any atom is -0.334 e. The molecule has 1 aliphatic heterocycles. The predicted molar refractivity (Wildman–Crippen MR) is 92.7 cm³/mol. The summed E-state index contributed by atoms with van der Waals surface area (Å²) < 4.78 is 22.9. The molecule has 3 atom stereocenters. The number of urea groups is 1. The molecule has 8 nitrogen and oxygen atoms in total. The Hall–Kier alpha value is -1.68. The summed E-state index contributed by atoms with van der Waals surface area (Å²) in [6.07, 6.45) is 2.68. The summed E-state index contributed by atoms with van der Waals surface area (Å²) in [7, 11) is -3.07. The van der Waals surface area contributed by atoms with Crippen molar-refractivity contribution in [3.05, 3.63) is 11.6 Å². The summed E-state index contributed by atoms with van der Waals surface area (Å²) in [5.74, 6) is -0.395. The van der Waals surface area contributed by atoms with Crippen LogP contribution >= 0.6 is 11.3 Å². The zero-order valence-corrected chi connectivity index (χ0v) is 15.2. The summed E-state index contributed by atoms with van der Waals surface area (Å²) in [6, 6.07) is -1.66. The molecule has 1 saturated heterocycles. The number of hydrogen-bond donors (Lipinski definition) is 3. The highest BCUT2D eigenvalue weighted by Crippen LogP contribution is 2.15. The monoisotopic (exact) mass is 374 g/mol. The Morgan fingerprint density at radius 3 is 2.75 bits per heavy atom. The van der Waals surface area contributed by atoms with Crippen LogP contribution in [0, 0.1) is 5.92 Å². The SMILES string of the molecule is CC[C@@H](C)[C@H](NC(=O)N[C@H]1CCS(=O)(=O)C1)C(=O)Nc1nccs1. The van der Waals surface area contributed by atoms with Crippen molar-refractivity contribution in [2.45, 2.75) is 38.8 Å². The molecule has 3 N–H and O–H groups in total. The fourth-order valence-corrected chi connectivity index (χ4v) is 4.65. The second-order valence-corrected chi connectivity index (χ2v) is 9.03. The summed E-state index contributed by atoms with van der Waals surface area (Å²) in [5.41, 5.74) is 0. The van der Waals surface area contributed by atoms with Crippen LogP contribution in [0.3, 0.4) is 0 Å². The van der Waals surface area contributed by atoms with Gasteiger partial charge in [0.1, 0.15) is 6.04 Å². The number of carbonyl (C=O) groups is 2. The molecule has 1 aromatic heterocycles. The van der Waals surface area contributed by atoms with Gasteiger partial charge in [-0.2, -0.15) is 0 Å². The van der Waals surface area contributed by atoms with Crippen molar-refractivity contribution in [2.24, 2.45) is 5.92 Å². The number of nitrogens with one attached hydrogen (secondary N) is 3. The maximum atomic E-state index is 12.4. The highest BCUT2D eigenvalue weighted by atomic mass is 32.2. The van der Waals surface area contributed by atoms with E-state index in [1.165, 1.54) is 11.3 Å². The van der Waals surface area contributed by atoms with Crippen LogP contribution in [0.4, 0.5) is 9.93 Å². The molecule has 0 bridgehead atoms. The fourth-order valence-electron chi connectivity index (χ4n) is 2.45. The summed E-state index contributed by atoms with van der Waals surface area (Å²) in [4.78, 5) is 28.5. The Morgan fingerprint density at radius 1 is 1.46 bits per heavy atom. The van der Waals surface area contributed by atoms with Gasteiger partial charge in [-0.05, 0) is 12.3 Å². The molecule has 1 aliphatic rings. The normalized spacial score (nSPS) is 21.7. The minimum atomic E-state index is -3.07. The van der Waals surface area contributed by atoms with E-state index in [9.17, 15) is 18.0 Å². The molecule has 134 valence electrons. The number of carbonyl (C=O) groups excluding carboxylic acids is 2. The zero-order valence-electron chi connectivity index (χ0n) is 13.6. The molecule has 24 heavy (non-hydrogen) atoms. The average Bonchev–Trinajstić information content (AvgIpc) is 3.13. The van der Waals surface area contributed by atoms with Gasteiger partial charge in [-0.3, -0.25) is 4.79 Å². The van der Waals surface area contributed by atoms with Crippen LogP contribution in [0.25, 0.3) is 0 Å². The summed E-state index contributed by atoms with van der Waals surface area (Å²) in [6.45, 7) is 3.80. The van der Waals surface area contributed by atoms with Gasteiger partial charge in [0.25, 0.3) is 0 Å². The molecule has 0 radical (unpaired) electrons. The molecular weight excluding hydrogens is 352 g/mol. The first-order chi connectivity index (χ1) is 11.3. The van der Waals surface area contributed by atoms with Crippen molar-refractivity contribution in [1.82, 2.24) is 15.6 Å². The van der Waals surface area contributed by atoms with Crippen LogP contribution in [0.5, 0.6) is 0 Å². The van der Waals surface area contributed by atoms with Crippen LogP contribution < -0.4 is 16.0 Å². The van der Waals surface area contributed by atoms with E-state index in [2.05, 4.69) is 20.9 Å². The van der Waals surface area contributed by atoms with Gasteiger partial charge >= 0.3 is 6.03 Å². The number of anilines is 1. The van der Waals surface area contributed by atoms with E-state index < -0.39 is 28.0 Å². The minimum absolute atomic E-state index is 0.0558. The standard InChI is InChI=1S/C14H22N4O4S2/c1-3-9(2)11(12(19)18-14-15-5-6-23-14)17-13(20)16-10-4-7-24(21,22)8-10/h5-6,9-11H,3-4,7-8H2,1-2H3,(H,15,18,19)(H2,16,17,20)/t9-,10+,11+/m1/s1. The molecular formula is C14H22N4O4S2. The van der Waals surface area contributed by atoms with E-state index in [4.69, 9.17) is 0 Å². The summed E-state index contributed by atoms with van der Waals surface area (Å²) in [5, 5.41) is 10.2. The van der Waals surface area contributed by atoms with Gasteiger partial charge in [-0.25, -0.2) is 18.2 Å². The van der Waals surface area contributed by atoms with Crippen molar-refractivity contribution in [2.75, 3.05) is 16.8 Å². The van der Waals surface area contributed by atoms with E-state index in [1.807, 2.05) is 13.8 Å². The molecule has 2 rings (SSSR count). The van der Waals surface area contributed by atoms with Gasteiger partial charge in [0.2, 0.25) is 5.91 Å². The number of sulfone groups is 1. The van der Waals surface area contributed by atoms with Crippen LogP contribution in [-0.2, 0) is 14.6 Å².